The summed E-state index contributed by atoms with van der Waals surface area (Å²) in [5.41, 5.74) is -1.66. The molecule has 116 valence electrons. The second kappa shape index (κ2) is 5.80. The smallest absolute Gasteiger partial charge is 0.327 e. The lowest BCUT2D eigenvalue weighted by atomic mass is 10.0. The lowest BCUT2D eigenvalue weighted by Gasteiger charge is -2.24. The molecule has 0 saturated carbocycles. The first-order valence-electron chi connectivity index (χ1n) is 5.99. The summed E-state index contributed by atoms with van der Waals surface area (Å²) in [5, 5.41) is 9.59. The minimum absolute atomic E-state index is 0.0365. The Balaban J connectivity index is 2.41. The van der Waals surface area contributed by atoms with E-state index in [4.69, 9.17) is 21.1 Å². The van der Waals surface area contributed by atoms with Crippen LogP contribution < -0.4 is 9.46 Å². The van der Waals surface area contributed by atoms with Gasteiger partial charge in [-0.15, -0.1) is 0 Å². The van der Waals surface area contributed by atoms with Crippen LogP contribution >= 0.6 is 11.6 Å². The standard InChI is InChI=1S/C12H14ClNO6S/c1-19-9-6-8(13)2-3-10(9)21(17,18)14-12(11(15)16)4-5-20-7-12/h2-3,6,14H,4-5,7H2,1H3,(H,15,16). The molecule has 1 aliphatic rings. The van der Waals surface area contributed by atoms with Crippen LogP contribution in [0.5, 0.6) is 5.75 Å². The molecule has 7 nitrogen and oxygen atoms in total. The quantitative estimate of drug-likeness (QED) is 0.828. The van der Waals surface area contributed by atoms with E-state index in [2.05, 4.69) is 4.72 Å². The molecule has 2 N–H and O–H groups in total. The molecule has 1 fully saturated rings. The van der Waals surface area contributed by atoms with E-state index in [1.807, 2.05) is 0 Å². The normalized spacial score (nSPS) is 22.2. The fourth-order valence-corrected chi connectivity index (χ4v) is 3.72. The number of aliphatic carboxylic acids is 1. The molecule has 1 unspecified atom stereocenters. The van der Waals surface area contributed by atoms with Crippen molar-refractivity contribution in [3.63, 3.8) is 0 Å². The second-order valence-corrected chi connectivity index (χ2v) is 6.68. The van der Waals surface area contributed by atoms with Crippen LogP contribution in [-0.4, -0.2) is 45.4 Å². The fraction of sp³-hybridized carbons (Fsp3) is 0.417. The molecule has 9 heteroatoms. The number of carboxylic acids is 1. The Bertz CT molecular complexity index is 654. The molecule has 2 rings (SSSR count). The van der Waals surface area contributed by atoms with Crippen LogP contribution in [0, 0.1) is 0 Å². The summed E-state index contributed by atoms with van der Waals surface area (Å²) in [5.74, 6) is -1.24. The van der Waals surface area contributed by atoms with Gasteiger partial charge in [0.05, 0.1) is 13.7 Å². The van der Waals surface area contributed by atoms with E-state index >= 15 is 0 Å². The van der Waals surface area contributed by atoms with E-state index in [1.54, 1.807) is 0 Å². The number of methoxy groups -OCH3 is 1. The number of carboxylic acid groups (broad SMARTS) is 1. The van der Waals surface area contributed by atoms with Crippen LogP contribution in [0.3, 0.4) is 0 Å². The van der Waals surface area contributed by atoms with Crippen LogP contribution in [-0.2, 0) is 19.6 Å². The largest absolute Gasteiger partial charge is 0.495 e. The first kappa shape index (κ1) is 16.0. The molecule has 1 saturated heterocycles. The summed E-state index contributed by atoms with van der Waals surface area (Å²) >= 11 is 5.78. The number of ether oxygens (including phenoxy) is 2. The first-order valence-corrected chi connectivity index (χ1v) is 7.85. The van der Waals surface area contributed by atoms with Gasteiger partial charge in [0.2, 0.25) is 10.0 Å². The number of rotatable bonds is 5. The summed E-state index contributed by atoms with van der Waals surface area (Å²) in [6.45, 7) is -0.0515. The molecule has 0 amide bonds. The highest BCUT2D eigenvalue weighted by molar-refractivity contribution is 7.89. The van der Waals surface area contributed by atoms with Crippen molar-refractivity contribution in [3.05, 3.63) is 23.2 Å². The number of hydrogen-bond acceptors (Lipinski definition) is 5. The Morgan fingerprint density at radius 3 is 2.76 bits per heavy atom. The minimum atomic E-state index is -4.10. The van der Waals surface area contributed by atoms with E-state index in [0.717, 1.165) is 0 Å². The topological polar surface area (TPSA) is 102 Å². The molecule has 0 bridgehead atoms. The highest BCUT2D eigenvalue weighted by Crippen LogP contribution is 2.29. The third-order valence-electron chi connectivity index (χ3n) is 3.18. The number of halogens is 1. The average molecular weight is 336 g/mol. The van der Waals surface area contributed by atoms with Gasteiger partial charge in [-0.25, -0.2) is 8.42 Å². The van der Waals surface area contributed by atoms with E-state index in [9.17, 15) is 18.3 Å². The highest BCUT2D eigenvalue weighted by Gasteiger charge is 2.46. The third kappa shape index (κ3) is 3.13. The number of hydrogen-bond donors (Lipinski definition) is 2. The lowest BCUT2D eigenvalue weighted by Crippen LogP contribution is -2.55. The van der Waals surface area contributed by atoms with Gasteiger partial charge in [0.25, 0.3) is 0 Å². The predicted molar refractivity (Wildman–Crippen MR) is 74.1 cm³/mol. The van der Waals surface area contributed by atoms with Crippen LogP contribution in [0.25, 0.3) is 0 Å². The van der Waals surface area contributed by atoms with E-state index in [1.165, 1.54) is 25.3 Å². The van der Waals surface area contributed by atoms with Crippen molar-refractivity contribution in [3.8, 4) is 5.75 Å². The number of carbonyl (C=O) groups is 1. The number of nitrogens with one attached hydrogen (secondary N) is 1. The van der Waals surface area contributed by atoms with Gasteiger partial charge in [-0.2, -0.15) is 4.72 Å². The maximum absolute atomic E-state index is 12.4. The Hall–Kier alpha value is -1.35. The molecule has 0 spiro atoms. The Kier molecular flexibility index (Phi) is 4.43. The van der Waals surface area contributed by atoms with Gasteiger partial charge in [-0.1, -0.05) is 11.6 Å². The molecule has 1 aliphatic heterocycles. The molecule has 1 aromatic rings. The molecule has 0 aromatic heterocycles. The van der Waals surface area contributed by atoms with Gasteiger partial charge in [-0.3, -0.25) is 4.79 Å². The van der Waals surface area contributed by atoms with Crippen LogP contribution in [0.1, 0.15) is 6.42 Å². The Morgan fingerprint density at radius 2 is 2.24 bits per heavy atom. The molecule has 0 radical (unpaired) electrons. The maximum atomic E-state index is 12.4. The van der Waals surface area contributed by atoms with E-state index in [0.29, 0.717) is 5.02 Å². The molecular weight excluding hydrogens is 322 g/mol. The zero-order valence-corrected chi connectivity index (χ0v) is 12.7. The van der Waals surface area contributed by atoms with E-state index < -0.39 is 21.5 Å². The maximum Gasteiger partial charge on any atom is 0.327 e. The zero-order valence-electron chi connectivity index (χ0n) is 11.1. The minimum Gasteiger partial charge on any atom is -0.495 e. The average Bonchev–Trinajstić information content (AvgIpc) is 2.87. The van der Waals surface area contributed by atoms with Crippen molar-refractivity contribution in [2.75, 3.05) is 20.3 Å². The van der Waals surface area contributed by atoms with Crippen LogP contribution in [0.15, 0.2) is 23.1 Å². The predicted octanol–water partition coefficient (Wildman–Crippen LogP) is 0.871. The molecule has 0 aliphatic carbocycles. The van der Waals surface area contributed by atoms with Gasteiger partial charge in [0.1, 0.15) is 10.6 Å². The molecule has 1 heterocycles. The zero-order chi connectivity index (χ0) is 15.7. The molecule has 1 aromatic carbocycles. The van der Waals surface area contributed by atoms with Crippen LogP contribution in [0.2, 0.25) is 5.02 Å². The van der Waals surface area contributed by atoms with Gasteiger partial charge in [0.15, 0.2) is 5.54 Å². The Morgan fingerprint density at radius 1 is 1.52 bits per heavy atom. The summed E-state index contributed by atoms with van der Waals surface area (Å²) in [7, 11) is -2.80. The van der Waals surface area contributed by atoms with Gasteiger partial charge >= 0.3 is 5.97 Å². The van der Waals surface area contributed by atoms with Gasteiger partial charge in [0, 0.05) is 24.1 Å². The van der Waals surface area contributed by atoms with Crippen molar-refractivity contribution in [2.24, 2.45) is 0 Å². The van der Waals surface area contributed by atoms with Gasteiger partial charge < -0.3 is 14.6 Å². The number of benzene rings is 1. The van der Waals surface area contributed by atoms with Crippen molar-refractivity contribution < 1.29 is 27.8 Å². The Labute approximate surface area is 126 Å². The highest BCUT2D eigenvalue weighted by atomic mass is 35.5. The molecular formula is C12H14ClNO6S. The molecule has 21 heavy (non-hydrogen) atoms. The monoisotopic (exact) mass is 335 g/mol. The fourth-order valence-electron chi connectivity index (χ4n) is 2.03. The summed E-state index contributed by atoms with van der Waals surface area (Å²) in [6.07, 6.45) is 0.0530. The lowest BCUT2D eigenvalue weighted by molar-refractivity contribution is -0.144. The van der Waals surface area contributed by atoms with Gasteiger partial charge in [-0.05, 0) is 12.1 Å². The number of sulfonamides is 1. The van der Waals surface area contributed by atoms with Crippen LogP contribution in [0.4, 0.5) is 0 Å². The first-order chi connectivity index (χ1) is 9.81. The summed E-state index contributed by atoms with van der Waals surface area (Å²) in [6, 6.07) is 3.99. The summed E-state index contributed by atoms with van der Waals surface area (Å²) < 4.78 is 37.1. The van der Waals surface area contributed by atoms with Crippen molar-refractivity contribution >= 4 is 27.6 Å². The second-order valence-electron chi connectivity index (χ2n) is 4.59. The van der Waals surface area contributed by atoms with Crippen molar-refractivity contribution in [1.29, 1.82) is 0 Å². The van der Waals surface area contributed by atoms with Crippen molar-refractivity contribution in [1.82, 2.24) is 4.72 Å². The SMILES string of the molecule is COc1cc(Cl)ccc1S(=O)(=O)NC1(C(=O)O)CCOC1. The summed E-state index contributed by atoms with van der Waals surface area (Å²) in [4.78, 5) is 11.2. The third-order valence-corrected chi connectivity index (χ3v) is 4.99. The van der Waals surface area contributed by atoms with E-state index in [-0.39, 0.29) is 30.3 Å². The molecule has 1 atom stereocenters. The van der Waals surface area contributed by atoms with Crippen molar-refractivity contribution in [2.45, 2.75) is 16.9 Å².